The van der Waals surface area contributed by atoms with E-state index in [2.05, 4.69) is 16.9 Å². The van der Waals surface area contributed by atoms with Crippen molar-refractivity contribution in [1.29, 1.82) is 0 Å². The summed E-state index contributed by atoms with van der Waals surface area (Å²) < 4.78 is 0. The lowest BCUT2D eigenvalue weighted by Gasteiger charge is -2.19. The van der Waals surface area contributed by atoms with Crippen molar-refractivity contribution in [3.8, 4) is 0 Å². The number of nitrogens with zero attached hydrogens (tertiary/aromatic N) is 2. The summed E-state index contributed by atoms with van der Waals surface area (Å²) in [5.41, 5.74) is 1.01. The van der Waals surface area contributed by atoms with E-state index >= 15 is 0 Å². The Bertz CT molecular complexity index is 434. The van der Waals surface area contributed by atoms with Crippen LogP contribution < -0.4 is 5.32 Å². The maximum Gasteiger partial charge on any atom is 0.323 e. The molecule has 0 radical (unpaired) electrons. The van der Waals surface area contributed by atoms with Gasteiger partial charge in [-0.1, -0.05) is 12.1 Å². The van der Waals surface area contributed by atoms with Crippen molar-refractivity contribution in [3.05, 3.63) is 42.7 Å². The van der Waals surface area contributed by atoms with Crippen molar-refractivity contribution in [2.45, 2.75) is 6.42 Å². The summed E-state index contributed by atoms with van der Waals surface area (Å²) in [6.45, 7) is 3.78. The van der Waals surface area contributed by atoms with Gasteiger partial charge in [-0.2, -0.15) is 0 Å². The molecule has 6 nitrogen and oxygen atoms in total. The molecule has 0 aliphatic heterocycles. The lowest BCUT2D eigenvalue weighted by molar-refractivity contribution is -0.137. The van der Waals surface area contributed by atoms with Crippen LogP contribution >= 0.6 is 0 Å². The highest BCUT2D eigenvalue weighted by atomic mass is 16.4. The highest BCUT2D eigenvalue weighted by Gasteiger charge is 2.14. The molecular weight excluding hydrogens is 246 g/mol. The van der Waals surface area contributed by atoms with E-state index in [0.29, 0.717) is 13.0 Å². The molecule has 0 saturated heterocycles. The summed E-state index contributed by atoms with van der Waals surface area (Å²) >= 11 is 0. The molecule has 2 amide bonds. The molecule has 0 aliphatic rings. The molecular formula is C13H17N3O3. The van der Waals surface area contributed by atoms with E-state index in [-0.39, 0.29) is 13.1 Å². The molecule has 2 N–H and O–H groups in total. The average Bonchev–Trinajstić information content (AvgIpc) is 2.39. The zero-order valence-corrected chi connectivity index (χ0v) is 10.6. The normalized spacial score (nSPS) is 9.68. The molecule has 0 atom stereocenters. The molecule has 102 valence electrons. The Labute approximate surface area is 111 Å². The maximum atomic E-state index is 11.7. The van der Waals surface area contributed by atoms with Crippen molar-refractivity contribution in [2.24, 2.45) is 0 Å². The smallest absolute Gasteiger partial charge is 0.323 e. The van der Waals surface area contributed by atoms with Gasteiger partial charge < -0.3 is 15.3 Å². The van der Waals surface area contributed by atoms with E-state index in [0.717, 1.165) is 5.56 Å². The second kappa shape index (κ2) is 7.86. The number of carboxylic acids is 1. The molecule has 0 aromatic carbocycles. The number of urea groups is 1. The number of aliphatic carboxylic acids is 1. The number of rotatable bonds is 7. The minimum atomic E-state index is -1.05. The van der Waals surface area contributed by atoms with Crippen LogP contribution in [-0.2, 0) is 11.2 Å². The molecule has 6 heteroatoms. The lowest BCUT2D eigenvalue weighted by Crippen LogP contribution is -2.43. The first-order chi connectivity index (χ1) is 9.13. The van der Waals surface area contributed by atoms with Crippen LogP contribution in [0.5, 0.6) is 0 Å². The molecule has 0 aliphatic carbocycles. The second-order valence-electron chi connectivity index (χ2n) is 3.91. The standard InChI is InChI=1S/C13H17N3O3/c1-2-8-16(10-12(17)18)13(19)15-7-5-11-4-3-6-14-9-11/h2-4,6,9H,1,5,7-8,10H2,(H,15,19)(H,17,18). The Morgan fingerprint density at radius 1 is 1.53 bits per heavy atom. The average molecular weight is 263 g/mol. The van der Waals surface area contributed by atoms with Crippen LogP contribution in [0.4, 0.5) is 4.79 Å². The number of pyridine rings is 1. The fourth-order valence-corrected chi connectivity index (χ4v) is 1.51. The van der Waals surface area contributed by atoms with Gasteiger partial charge in [0.1, 0.15) is 6.54 Å². The molecule has 0 fully saturated rings. The number of amides is 2. The van der Waals surface area contributed by atoms with Gasteiger partial charge in [0.2, 0.25) is 0 Å². The van der Waals surface area contributed by atoms with E-state index in [1.807, 2.05) is 12.1 Å². The van der Waals surface area contributed by atoms with Crippen LogP contribution in [0, 0.1) is 0 Å². The highest BCUT2D eigenvalue weighted by molar-refractivity contribution is 5.80. The van der Waals surface area contributed by atoms with Crippen LogP contribution in [0.3, 0.4) is 0 Å². The van der Waals surface area contributed by atoms with E-state index < -0.39 is 12.0 Å². The van der Waals surface area contributed by atoms with Gasteiger partial charge in [0.25, 0.3) is 0 Å². The van der Waals surface area contributed by atoms with Crippen LogP contribution in [0.1, 0.15) is 5.56 Å². The number of nitrogens with one attached hydrogen (secondary N) is 1. The Balaban J connectivity index is 2.39. The highest BCUT2D eigenvalue weighted by Crippen LogP contribution is 1.96. The second-order valence-corrected chi connectivity index (χ2v) is 3.91. The summed E-state index contributed by atoms with van der Waals surface area (Å²) in [4.78, 5) is 27.5. The summed E-state index contributed by atoms with van der Waals surface area (Å²) in [7, 11) is 0. The van der Waals surface area contributed by atoms with Crippen LogP contribution in [0.15, 0.2) is 37.2 Å². The van der Waals surface area contributed by atoms with Gasteiger partial charge in [-0.15, -0.1) is 6.58 Å². The molecule has 1 heterocycles. The summed E-state index contributed by atoms with van der Waals surface area (Å²) in [5.74, 6) is -1.05. The predicted molar refractivity (Wildman–Crippen MR) is 70.7 cm³/mol. The molecule has 1 aromatic heterocycles. The fourth-order valence-electron chi connectivity index (χ4n) is 1.51. The van der Waals surface area contributed by atoms with Gasteiger partial charge in [0.15, 0.2) is 0 Å². The number of carbonyl (C=O) groups excluding carboxylic acids is 1. The maximum absolute atomic E-state index is 11.7. The Morgan fingerprint density at radius 2 is 2.32 bits per heavy atom. The minimum absolute atomic E-state index is 0.199. The third-order valence-corrected chi connectivity index (χ3v) is 2.38. The van der Waals surface area contributed by atoms with Crippen LogP contribution in [0.2, 0.25) is 0 Å². The van der Waals surface area contributed by atoms with Gasteiger partial charge in [0.05, 0.1) is 0 Å². The molecule has 0 spiro atoms. The third kappa shape index (κ3) is 5.67. The number of aromatic nitrogens is 1. The van der Waals surface area contributed by atoms with E-state index in [1.54, 1.807) is 12.4 Å². The first-order valence-electron chi connectivity index (χ1n) is 5.88. The van der Waals surface area contributed by atoms with Crippen molar-refractivity contribution in [1.82, 2.24) is 15.2 Å². The predicted octanol–water partition coefficient (Wildman–Crippen LogP) is 0.906. The Morgan fingerprint density at radius 3 is 2.89 bits per heavy atom. The quantitative estimate of drug-likeness (QED) is 0.716. The molecule has 19 heavy (non-hydrogen) atoms. The lowest BCUT2D eigenvalue weighted by atomic mass is 10.2. The first-order valence-corrected chi connectivity index (χ1v) is 5.88. The Kier molecular flexibility index (Phi) is 6.08. The van der Waals surface area contributed by atoms with E-state index in [9.17, 15) is 9.59 Å². The molecule has 1 rings (SSSR count). The number of hydrogen-bond acceptors (Lipinski definition) is 3. The first kappa shape index (κ1) is 14.7. The van der Waals surface area contributed by atoms with Gasteiger partial charge in [-0.05, 0) is 18.1 Å². The monoisotopic (exact) mass is 263 g/mol. The minimum Gasteiger partial charge on any atom is -0.480 e. The van der Waals surface area contributed by atoms with Crippen LogP contribution in [-0.4, -0.2) is 46.6 Å². The van der Waals surface area contributed by atoms with Gasteiger partial charge in [-0.3, -0.25) is 9.78 Å². The van der Waals surface area contributed by atoms with Crippen molar-refractivity contribution in [2.75, 3.05) is 19.6 Å². The van der Waals surface area contributed by atoms with Crippen molar-refractivity contribution >= 4 is 12.0 Å². The summed E-state index contributed by atoms with van der Waals surface area (Å²) in [6.07, 6.45) is 5.55. The molecule has 1 aromatic rings. The SMILES string of the molecule is C=CCN(CC(=O)O)C(=O)NCCc1cccnc1. The molecule has 0 bridgehead atoms. The zero-order chi connectivity index (χ0) is 14.1. The summed E-state index contributed by atoms with van der Waals surface area (Å²) in [5, 5.41) is 11.4. The van der Waals surface area contributed by atoms with Gasteiger partial charge in [-0.25, -0.2) is 4.79 Å². The van der Waals surface area contributed by atoms with Crippen molar-refractivity contribution in [3.63, 3.8) is 0 Å². The molecule has 0 saturated carbocycles. The fraction of sp³-hybridized carbons (Fsp3) is 0.308. The largest absolute Gasteiger partial charge is 0.480 e. The van der Waals surface area contributed by atoms with E-state index in [1.165, 1.54) is 11.0 Å². The third-order valence-electron chi connectivity index (χ3n) is 2.38. The van der Waals surface area contributed by atoms with Crippen molar-refractivity contribution < 1.29 is 14.7 Å². The molecule has 0 unspecified atom stereocenters. The number of hydrogen-bond donors (Lipinski definition) is 2. The number of carbonyl (C=O) groups is 2. The Hall–Kier alpha value is -2.37. The van der Waals surface area contributed by atoms with Gasteiger partial charge in [0, 0.05) is 25.5 Å². The van der Waals surface area contributed by atoms with Crippen LogP contribution in [0.25, 0.3) is 0 Å². The number of carboxylic acid groups (broad SMARTS) is 1. The topological polar surface area (TPSA) is 82.5 Å². The van der Waals surface area contributed by atoms with E-state index in [4.69, 9.17) is 5.11 Å². The van der Waals surface area contributed by atoms with Gasteiger partial charge >= 0.3 is 12.0 Å². The zero-order valence-electron chi connectivity index (χ0n) is 10.6. The summed E-state index contributed by atoms with van der Waals surface area (Å²) in [6, 6.07) is 3.33.